The monoisotopic (exact) mass is 362 g/mol. The summed E-state index contributed by atoms with van der Waals surface area (Å²) in [6, 6.07) is 15.2. The van der Waals surface area contributed by atoms with Gasteiger partial charge in [0.2, 0.25) is 5.91 Å². The minimum Gasteiger partial charge on any atom is -0.337 e. The third-order valence-corrected chi connectivity index (χ3v) is 5.19. The topological polar surface area (TPSA) is 69.3 Å². The molecule has 1 amide bonds. The fourth-order valence-electron chi connectivity index (χ4n) is 3.70. The number of carbonyl (C=O) groups excluding carboxylic acids is 1. The number of likely N-dealkylation sites (N-methyl/N-ethyl adjacent to an activating group) is 2. The molecular weight excluding hydrogens is 340 g/mol. The van der Waals surface area contributed by atoms with E-state index in [2.05, 4.69) is 27.0 Å². The predicted octanol–water partition coefficient (Wildman–Crippen LogP) is 1.94. The van der Waals surface area contributed by atoms with Gasteiger partial charge in [-0.15, -0.1) is 0 Å². The number of aromatic nitrogens is 2. The van der Waals surface area contributed by atoms with Gasteiger partial charge in [0.1, 0.15) is 5.82 Å². The van der Waals surface area contributed by atoms with Crippen molar-refractivity contribution in [1.29, 1.82) is 0 Å². The average Bonchev–Trinajstić information content (AvgIpc) is 2.67. The van der Waals surface area contributed by atoms with Crippen LogP contribution in [0.25, 0.3) is 10.9 Å². The quantitative estimate of drug-likeness (QED) is 0.773. The summed E-state index contributed by atoms with van der Waals surface area (Å²) >= 11 is 0. The van der Waals surface area contributed by atoms with E-state index in [1.165, 1.54) is 11.1 Å². The Labute approximate surface area is 157 Å². The number of fused-ring (bicyclic) bond motifs is 2. The lowest BCUT2D eigenvalue weighted by molar-refractivity contribution is -0.136. The van der Waals surface area contributed by atoms with Crippen molar-refractivity contribution in [3.63, 3.8) is 0 Å². The van der Waals surface area contributed by atoms with Crippen LogP contribution in [0, 0.1) is 0 Å². The number of amides is 1. The molecule has 0 unspecified atom stereocenters. The Hall–Kier alpha value is -2.99. The third-order valence-electron chi connectivity index (χ3n) is 5.19. The molecule has 6 nitrogen and oxygen atoms in total. The van der Waals surface area contributed by atoms with Crippen molar-refractivity contribution in [3.8, 4) is 0 Å². The molecule has 4 rings (SSSR count). The first-order valence-corrected chi connectivity index (χ1v) is 9.03. The first kappa shape index (κ1) is 17.4. The second kappa shape index (κ2) is 6.96. The molecule has 27 heavy (non-hydrogen) atoms. The van der Waals surface area contributed by atoms with Crippen LogP contribution in [0.15, 0.2) is 53.3 Å². The molecule has 1 aliphatic heterocycles. The van der Waals surface area contributed by atoms with Gasteiger partial charge in [0.05, 0.1) is 23.5 Å². The van der Waals surface area contributed by atoms with E-state index in [4.69, 9.17) is 0 Å². The first-order chi connectivity index (χ1) is 13.0. The highest BCUT2D eigenvalue weighted by Gasteiger charge is 2.31. The summed E-state index contributed by atoms with van der Waals surface area (Å²) in [6.07, 6.45) is 0.692. The molecule has 3 aromatic rings. The van der Waals surface area contributed by atoms with Gasteiger partial charge >= 0.3 is 0 Å². The summed E-state index contributed by atoms with van der Waals surface area (Å²) in [4.78, 5) is 36.3. The van der Waals surface area contributed by atoms with Gasteiger partial charge in [0, 0.05) is 13.6 Å². The SMILES string of the molecule is CN(Cc1nc2ccccc2c(=O)[nH]1)C(=O)[C@@H]1Cc2ccccc2CN1C. The van der Waals surface area contributed by atoms with Crippen LogP contribution in [-0.4, -0.2) is 45.8 Å². The summed E-state index contributed by atoms with van der Waals surface area (Å²) in [5, 5.41) is 0.554. The molecule has 1 aliphatic rings. The standard InChI is InChI=1S/C21H22N4O2/c1-24-12-15-8-4-3-7-14(15)11-18(24)21(27)25(2)13-19-22-17-10-6-5-9-16(17)20(26)23-19/h3-10,18H,11-13H2,1-2H3,(H,22,23,26)/t18-/m0/s1. The predicted molar refractivity (Wildman–Crippen MR) is 104 cm³/mol. The van der Waals surface area contributed by atoms with E-state index >= 15 is 0 Å². The van der Waals surface area contributed by atoms with Gasteiger partial charge in [-0.1, -0.05) is 36.4 Å². The molecule has 2 heterocycles. The molecule has 0 bridgehead atoms. The Morgan fingerprint density at radius 2 is 1.89 bits per heavy atom. The maximum atomic E-state index is 13.0. The highest BCUT2D eigenvalue weighted by molar-refractivity contribution is 5.82. The highest BCUT2D eigenvalue weighted by Crippen LogP contribution is 2.23. The molecule has 138 valence electrons. The average molecular weight is 362 g/mol. The van der Waals surface area contributed by atoms with Crippen molar-refractivity contribution in [1.82, 2.24) is 19.8 Å². The number of nitrogens with zero attached hydrogens (tertiary/aromatic N) is 3. The van der Waals surface area contributed by atoms with Crippen LogP contribution in [0.3, 0.4) is 0 Å². The lowest BCUT2D eigenvalue weighted by Gasteiger charge is -2.35. The summed E-state index contributed by atoms with van der Waals surface area (Å²) in [7, 11) is 3.73. The first-order valence-electron chi connectivity index (χ1n) is 9.03. The molecular formula is C21H22N4O2. The van der Waals surface area contributed by atoms with E-state index in [9.17, 15) is 9.59 Å². The van der Waals surface area contributed by atoms with Crippen LogP contribution in [-0.2, 0) is 24.3 Å². The summed E-state index contributed by atoms with van der Waals surface area (Å²) in [5.74, 6) is 0.524. The highest BCUT2D eigenvalue weighted by atomic mass is 16.2. The molecule has 0 saturated carbocycles. The number of H-pyrrole nitrogens is 1. The lowest BCUT2D eigenvalue weighted by atomic mass is 9.94. The van der Waals surface area contributed by atoms with Crippen LogP contribution in [0.1, 0.15) is 17.0 Å². The Morgan fingerprint density at radius 1 is 1.19 bits per heavy atom. The molecule has 1 atom stereocenters. The summed E-state index contributed by atoms with van der Waals surface area (Å²) in [5.41, 5.74) is 2.95. The van der Waals surface area contributed by atoms with Crippen LogP contribution in [0.4, 0.5) is 0 Å². The number of hydrogen-bond acceptors (Lipinski definition) is 4. The van der Waals surface area contributed by atoms with Crippen molar-refractivity contribution in [2.45, 2.75) is 25.6 Å². The van der Waals surface area contributed by atoms with Crippen molar-refractivity contribution in [3.05, 3.63) is 75.8 Å². The van der Waals surface area contributed by atoms with Crippen molar-refractivity contribution >= 4 is 16.8 Å². The number of nitrogens with one attached hydrogen (secondary N) is 1. The Balaban J connectivity index is 1.54. The minimum absolute atomic E-state index is 0.0304. The molecule has 6 heteroatoms. The number of para-hydroxylation sites is 1. The number of aromatic amines is 1. The van der Waals surface area contributed by atoms with Gasteiger partial charge < -0.3 is 9.88 Å². The Kier molecular flexibility index (Phi) is 4.49. The fraction of sp³-hybridized carbons (Fsp3) is 0.286. The van der Waals surface area contributed by atoms with E-state index in [-0.39, 0.29) is 24.1 Å². The van der Waals surface area contributed by atoms with Gasteiger partial charge in [-0.05, 0) is 36.7 Å². The molecule has 0 fully saturated rings. The van der Waals surface area contributed by atoms with E-state index in [1.807, 2.05) is 37.4 Å². The van der Waals surface area contributed by atoms with Crippen molar-refractivity contribution in [2.75, 3.05) is 14.1 Å². The molecule has 2 aromatic carbocycles. The molecule has 0 radical (unpaired) electrons. The lowest BCUT2D eigenvalue weighted by Crippen LogP contribution is -2.49. The number of rotatable bonds is 3. The zero-order chi connectivity index (χ0) is 19.0. The Morgan fingerprint density at radius 3 is 2.70 bits per heavy atom. The normalized spacial score (nSPS) is 16.9. The van der Waals surface area contributed by atoms with Gasteiger partial charge in [-0.2, -0.15) is 0 Å². The third kappa shape index (κ3) is 3.36. The zero-order valence-electron chi connectivity index (χ0n) is 15.5. The maximum Gasteiger partial charge on any atom is 0.258 e. The van der Waals surface area contributed by atoms with E-state index < -0.39 is 0 Å². The molecule has 1 N–H and O–H groups in total. The van der Waals surface area contributed by atoms with Crippen molar-refractivity contribution < 1.29 is 4.79 Å². The van der Waals surface area contributed by atoms with Gasteiger partial charge in [0.25, 0.3) is 5.56 Å². The van der Waals surface area contributed by atoms with Crippen LogP contribution in [0.2, 0.25) is 0 Å². The second-order valence-electron chi connectivity index (χ2n) is 7.13. The molecule has 0 spiro atoms. The zero-order valence-corrected chi connectivity index (χ0v) is 15.5. The number of hydrogen-bond donors (Lipinski definition) is 1. The van der Waals surface area contributed by atoms with Gasteiger partial charge in [-0.25, -0.2) is 4.98 Å². The second-order valence-corrected chi connectivity index (χ2v) is 7.13. The maximum absolute atomic E-state index is 13.0. The molecule has 0 saturated heterocycles. The van der Waals surface area contributed by atoms with Crippen LogP contribution < -0.4 is 5.56 Å². The molecule has 1 aromatic heterocycles. The largest absolute Gasteiger partial charge is 0.337 e. The molecule has 0 aliphatic carbocycles. The Bertz CT molecular complexity index is 1060. The van der Waals surface area contributed by atoms with Crippen LogP contribution in [0.5, 0.6) is 0 Å². The van der Waals surface area contributed by atoms with Crippen LogP contribution >= 0.6 is 0 Å². The summed E-state index contributed by atoms with van der Waals surface area (Å²) in [6.45, 7) is 1.02. The van der Waals surface area contributed by atoms with Gasteiger partial charge in [-0.3, -0.25) is 14.5 Å². The number of benzene rings is 2. The smallest absolute Gasteiger partial charge is 0.258 e. The number of carbonyl (C=O) groups is 1. The van der Waals surface area contributed by atoms with E-state index in [0.717, 1.165) is 6.54 Å². The van der Waals surface area contributed by atoms with Crippen molar-refractivity contribution in [2.24, 2.45) is 0 Å². The fourth-order valence-corrected chi connectivity index (χ4v) is 3.70. The van der Waals surface area contributed by atoms with E-state index in [0.29, 0.717) is 23.1 Å². The van der Waals surface area contributed by atoms with E-state index in [1.54, 1.807) is 18.0 Å². The van der Waals surface area contributed by atoms with Gasteiger partial charge in [0.15, 0.2) is 0 Å². The minimum atomic E-state index is -0.211. The summed E-state index contributed by atoms with van der Waals surface area (Å²) < 4.78 is 0.